The Morgan fingerprint density at radius 3 is 1.82 bits per heavy atom. The summed E-state index contributed by atoms with van der Waals surface area (Å²) in [5.74, 6) is 0. The van der Waals surface area contributed by atoms with Gasteiger partial charge in [-0.3, -0.25) is 0 Å². The molecule has 0 radical (unpaired) electrons. The highest BCUT2D eigenvalue weighted by molar-refractivity contribution is 4.85. The summed E-state index contributed by atoms with van der Waals surface area (Å²) in [7, 11) is 0. The van der Waals surface area contributed by atoms with E-state index in [-0.39, 0.29) is 12.0 Å². The molecule has 0 unspecified atom stereocenters. The van der Waals surface area contributed by atoms with E-state index in [0.717, 1.165) is 12.8 Å². The monoisotopic (exact) mass is 160 g/mol. The van der Waals surface area contributed by atoms with Crippen molar-refractivity contribution in [1.29, 1.82) is 0 Å². The molecule has 0 heterocycles. The Kier molecular flexibility index (Phi) is 3.52. The lowest BCUT2D eigenvalue weighted by molar-refractivity contribution is -0.0418. The number of hydrogen-bond donors (Lipinski definition) is 2. The van der Waals surface area contributed by atoms with E-state index < -0.39 is 5.60 Å². The second kappa shape index (κ2) is 3.55. The molecule has 0 rings (SSSR count). The van der Waals surface area contributed by atoms with Crippen molar-refractivity contribution in [3.8, 4) is 0 Å². The highest BCUT2D eigenvalue weighted by Crippen LogP contribution is 2.34. The third-order valence-electron chi connectivity index (χ3n) is 2.62. The number of hydrogen-bond acceptors (Lipinski definition) is 2. The summed E-state index contributed by atoms with van der Waals surface area (Å²) in [6.45, 7) is 7.86. The zero-order valence-electron chi connectivity index (χ0n) is 8.02. The van der Waals surface area contributed by atoms with Crippen LogP contribution in [0.15, 0.2) is 0 Å². The molecule has 0 aliphatic rings. The van der Waals surface area contributed by atoms with Gasteiger partial charge in [-0.25, -0.2) is 0 Å². The molecule has 0 aliphatic carbocycles. The maximum absolute atomic E-state index is 9.69. The van der Waals surface area contributed by atoms with Gasteiger partial charge in [0.1, 0.15) is 0 Å². The molecule has 0 aromatic heterocycles. The summed E-state index contributed by atoms with van der Waals surface area (Å²) in [5, 5.41) is 18.3. The molecule has 0 aliphatic heterocycles. The van der Waals surface area contributed by atoms with Crippen molar-refractivity contribution in [2.45, 2.75) is 46.1 Å². The zero-order valence-corrected chi connectivity index (χ0v) is 8.02. The van der Waals surface area contributed by atoms with Crippen LogP contribution in [0.25, 0.3) is 0 Å². The van der Waals surface area contributed by atoms with Crippen LogP contribution in [-0.2, 0) is 0 Å². The van der Waals surface area contributed by atoms with Gasteiger partial charge in [0.2, 0.25) is 0 Å². The lowest BCUT2D eigenvalue weighted by Crippen LogP contribution is -2.38. The van der Waals surface area contributed by atoms with Gasteiger partial charge in [0, 0.05) is 6.61 Å². The van der Waals surface area contributed by atoms with Gasteiger partial charge in [0.25, 0.3) is 0 Å². The third-order valence-corrected chi connectivity index (χ3v) is 2.62. The minimum atomic E-state index is -0.665. The van der Waals surface area contributed by atoms with Crippen molar-refractivity contribution in [2.24, 2.45) is 5.41 Å². The molecule has 2 nitrogen and oxygen atoms in total. The first kappa shape index (κ1) is 10.9. The van der Waals surface area contributed by atoms with Crippen molar-refractivity contribution in [3.05, 3.63) is 0 Å². The summed E-state index contributed by atoms with van der Waals surface area (Å²) in [4.78, 5) is 0. The number of aliphatic hydroxyl groups is 2. The predicted molar refractivity (Wildman–Crippen MR) is 46.4 cm³/mol. The summed E-state index contributed by atoms with van der Waals surface area (Å²) in [5.41, 5.74) is -0.780. The van der Waals surface area contributed by atoms with Crippen LogP contribution in [0.5, 0.6) is 0 Å². The largest absolute Gasteiger partial charge is 0.396 e. The van der Waals surface area contributed by atoms with Gasteiger partial charge >= 0.3 is 0 Å². The average Bonchev–Trinajstić information content (AvgIpc) is 1.81. The van der Waals surface area contributed by atoms with Crippen LogP contribution in [0.3, 0.4) is 0 Å². The van der Waals surface area contributed by atoms with Crippen molar-refractivity contribution >= 4 is 0 Å². The molecule has 0 spiro atoms. The number of rotatable bonds is 4. The van der Waals surface area contributed by atoms with Crippen LogP contribution in [0.4, 0.5) is 0 Å². The van der Waals surface area contributed by atoms with Gasteiger partial charge in [0.05, 0.1) is 5.60 Å². The van der Waals surface area contributed by atoms with Crippen LogP contribution < -0.4 is 0 Å². The Bertz CT molecular complexity index is 111. The minimum absolute atomic E-state index is 0.115. The fraction of sp³-hybridized carbons (Fsp3) is 1.00. The van der Waals surface area contributed by atoms with Crippen LogP contribution in [-0.4, -0.2) is 22.4 Å². The first-order valence-electron chi connectivity index (χ1n) is 4.14. The van der Waals surface area contributed by atoms with E-state index in [2.05, 4.69) is 0 Å². The molecule has 0 fully saturated rings. The molecule has 11 heavy (non-hydrogen) atoms. The van der Waals surface area contributed by atoms with E-state index in [4.69, 9.17) is 5.11 Å². The van der Waals surface area contributed by atoms with Crippen LogP contribution >= 0.6 is 0 Å². The topological polar surface area (TPSA) is 40.5 Å². The highest BCUT2D eigenvalue weighted by Gasteiger charge is 2.33. The van der Waals surface area contributed by atoms with E-state index in [1.54, 1.807) is 0 Å². The smallest absolute Gasteiger partial charge is 0.0642 e. The third kappa shape index (κ3) is 3.21. The molecule has 2 heteroatoms. The minimum Gasteiger partial charge on any atom is -0.396 e. The molecule has 2 N–H and O–H groups in total. The molecule has 0 amide bonds. The molecule has 68 valence electrons. The van der Waals surface area contributed by atoms with E-state index >= 15 is 0 Å². The maximum atomic E-state index is 9.69. The summed E-state index contributed by atoms with van der Waals surface area (Å²) in [6, 6.07) is 0. The molecule has 0 atom stereocenters. The fourth-order valence-electron chi connectivity index (χ4n) is 0.827. The Labute approximate surface area is 69.2 Å². The maximum Gasteiger partial charge on any atom is 0.0642 e. The summed E-state index contributed by atoms with van der Waals surface area (Å²) in [6.07, 6.45) is 1.62. The van der Waals surface area contributed by atoms with Crippen molar-refractivity contribution < 1.29 is 10.2 Å². The summed E-state index contributed by atoms with van der Waals surface area (Å²) >= 11 is 0. The molecule has 0 bridgehead atoms. The molecule has 0 saturated carbocycles. The van der Waals surface area contributed by atoms with Crippen molar-refractivity contribution in [2.75, 3.05) is 6.61 Å². The van der Waals surface area contributed by atoms with E-state index in [9.17, 15) is 5.11 Å². The van der Waals surface area contributed by atoms with Crippen LogP contribution in [0.1, 0.15) is 40.5 Å². The SMILES string of the molecule is CC(C)(O)C(C)(C)CCCO. The normalized spacial score (nSPS) is 13.6. The Morgan fingerprint density at radius 2 is 1.55 bits per heavy atom. The molecular formula is C9H20O2. The second-order valence-corrected chi connectivity index (χ2v) is 4.27. The zero-order chi connectivity index (χ0) is 9.12. The quantitative estimate of drug-likeness (QED) is 0.655. The lowest BCUT2D eigenvalue weighted by atomic mass is 9.74. The summed E-state index contributed by atoms with van der Waals surface area (Å²) < 4.78 is 0. The Balaban J connectivity index is 4.00. The van der Waals surface area contributed by atoms with Crippen LogP contribution in [0.2, 0.25) is 0 Å². The lowest BCUT2D eigenvalue weighted by Gasteiger charge is -2.37. The van der Waals surface area contributed by atoms with Gasteiger partial charge in [-0.1, -0.05) is 13.8 Å². The predicted octanol–water partition coefficient (Wildman–Crippen LogP) is 1.56. The van der Waals surface area contributed by atoms with Gasteiger partial charge < -0.3 is 10.2 Å². The first-order valence-corrected chi connectivity index (χ1v) is 4.14. The first-order chi connectivity index (χ1) is 4.81. The highest BCUT2D eigenvalue weighted by atomic mass is 16.3. The van der Waals surface area contributed by atoms with Gasteiger partial charge in [-0.2, -0.15) is 0 Å². The number of aliphatic hydroxyl groups excluding tert-OH is 1. The molecule has 0 aromatic rings. The van der Waals surface area contributed by atoms with Crippen LogP contribution in [0, 0.1) is 5.41 Å². The van der Waals surface area contributed by atoms with Gasteiger partial charge in [0.15, 0.2) is 0 Å². The standard InChI is InChI=1S/C9H20O2/c1-8(2,6-5-7-10)9(3,4)11/h10-11H,5-7H2,1-4H3. The van der Waals surface area contributed by atoms with E-state index in [1.807, 2.05) is 27.7 Å². The Hall–Kier alpha value is -0.0800. The molecule has 0 aromatic carbocycles. The van der Waals surface area contributed by atoms with Gasteiger partial charge in [-0.15, -0.1) is 0 Å². The average molecular weight is 160 g/mol. The van der Waals surface area contributed by atoms with Crippen molar-refractivity contribution in [3.63, 3.8) is 0 Å². The van der Waals surface area contributed by atoms with E-state index in [0.29, 0.717) is 0 Å². The second-order valence-electron chi connectivity index (χ2n) is 4.27. The van der Waals surface area contributed by atoms with Crippen molar-refractivity contribution in [1.82, 2.24) is 0 Å². The van der Waals surface area contributed by atoms with Gasteiger partial charge in [-0.05, 0) is 32.1 Å². The fourth-order valence-corrected chi connectivity index (χ4v) is 0.827. The molecule has 0 saturated heterocycles. The molecular weight excluding hydrogens is 140 g/mol. The Morgan fingerprint density at radius 1 is 1.09 bits per heavy atom. The van der Waals surface area contributed by atoms with E-state index in [1.165, 1.54) is 0 Å².